The minimum atomic E-state index is -0.505. The molecule has 0 spiro atoms. The molecule has 1 fully saturated rings. The fraction of sp³-hybridized carbons (Fsp3) is 0.217. The number of rotatable bonds is 5. The van der Waals surface area contributed by atoms with Crippen LogP contribution in [0.3, 0.4) is 0 Å². The van der Waals surface area contributed by atoms with Crippen molar-refractivity contribution < 1.29 is 0 Å². The van der Waals surface area contributed by atoms with E-state index in [1.165, 1.54) is 24.1 Å². The van der Waals surface area contributed by atoms with E-state index in [1.807, 2.05) is 30.3 Å². The van der Waals surface area contributed by atoms with Crippen LogP contribution in [0, 0.1) is 18.3 Å². The Hall–Kier alpha value is -3.92. The number of aromatic nitrogens is 2. The number of hydrogen-bond donors (Lipinski definition) is 2. The SMILES string of the molecule is Cc1cc(C=NNc2nc(-c3ccccc3)c(C#N)c(=O)[nH]2)ccc1N1CCCC1. The summed E-state index contributed by atoms with van der Waals surface area (Å²) >= 11 is 0. The van der Waals surface area contributed by atoms with Crippen molar-refractivity contribution in [1.82, 2.24) is 9.97 Å². The van der Waals surface area contributed by atoms with Crippen LogP contribution in [0.2, 0.25) is 0 Å². The molecule has 0 atom stereocenters. The van der Waals surface area contributed by atoms with Gasteiger partial charge in [-0.25, -0.2) is 10.4 Å². The van der Waals surface area contributed by atoms with Crippen LogP contribution in [0.1, 0.15) is 29.5 Å². The van der Waals surface area contributed by atoms with Gasteiger partial charge in [-0.15, -0.1) is 0 Å². The third-order valence-electron chi connectivity index (χ3n) is 5.13. The summed E-state index contributed by atoms with van der Waals surface area (Å²) in [5.74, 6) is 0.180. The average molecular weight is 398 g/mol. The molecule has 150 valence electrons. The van der Waals surface area contributed by atoms with Crippen molar-refractivity contribution in [2.75, 3.05) is 23.4 Å². The van der Waals surface area contributed by atoms with Gasteiger partial charge in [0.2, 0.25) is 5.95 Å². The minimum absolute atomic E-state index is 0.0242. The Morgan fingerprint density at radius 3 is 2.67 bits per heavy atom. The molecule has 0 amide bonds. The van der Waals surface area contributed by atoms with E-state index in [0.29, 0.717) is 11.3 Å². The first-order valence-electron chi connectivity index (χ1n) is 9.90. The molecular formula is C23H22N6O. The number of benzene rings is 2. The number of hydrogen-bond acceptors (Lipinski definition) is 6. The first kappa shape index (κ1) is 19.4. The van der Waals surface area contributed by atoms with Gasteiger partial charge >= 0.3 is 0 Å². The van der Waals surface area contributed by atoms with Gasteiger partial charge in [-0.2, -0.15) is 10.4 Å². The normalized spacial score (nSPS) is 13.5. The molecule has 1 saturated heterocycles. The maximum atomic E-state index is 12.3. The fourth-order valence-electron chi connectivity index (χ4n) is 3.67. The summed E-state index contributed by atoms with van der Waals surface area (Å²) < 4.78 is 0. The molecule has 0 unspecified atom stereocenters. The van der Waals surface area contributed by atoms with Gasteiger partial charge in [0.05, 0.1) is 11.9 Å². The highest BCUT2D eigenvalue weighted by atomic mass is 16.1. The maximum Gasteiger partial charge on any atom is 0.270 e. The largest absolute Gasteiger partial charge is 0.371 e. The zero-order valence-corrected chi connectivity index (χ0v) is 16.7. The number of nitrogens with one attached hydrogen (secondary N) is 2. The summed E-state index contributed by atoms with van der Waals surface area (Å²) in [6.07, 6.45) is 4.17. The molecule has 2 N–H and O–H groups in total. The molecule has 7 nitrogen and oxygen atoms in total. The van der Waals surface area contributed by atoms with Crippen LogP contribution in [0.5, 0.6) is 0 Å². The van der Waals surface area contributed by atoms with E-state index in [4.69, 9.17) is 0 Å². The molecule has 7 heteroatoms. The van der Waals surface area contributed by atoms with Crippen molar-refractivity contribution >= 4 is 17.9 Å². The predicted octanol–water partition coefficient (Wildman–Crippen LogP) is 3.66. The van der Waals surface area contributed by atoms with Gasteiger partial charge in [-0.3, -0.25) is 9.78 Å². The van der Waals surface area contributed by atoms with Crippen molar-refractivity contribution in [3.8, 4) is 17.3 Å². The highest BCUT2D eigenvalue weighted by Crippen LogP contribution is 2.24. The smallest absolute Gasteiger partial charge is 0.270 e. The standard InChI is InChI=1S/C23H22N6O/c1-16-13-17(9-10-20(16)29-11-5-6-12-29)15-25-28-23-26-21(18-7-3-2-4-8-18)19(14-24)22(30)27-23/h2-4,7-10,13,15H,5-6,11-12H2,1H3,(H2,26,27,28,30). The summed E-state index contributed by atoms with van der Waals surface area (Å²) in [6, 6.07) is 17.3. The zero-order valence-electron chi connectivity index (χ0n) is 16.7. The van der Waals surface area contributed by atoms with Crippen molar-refractivity contribution in [2.45, 2.75) is 19.8 Å². The minimum Gasteiger partial charge on any atom is -0.371 e. The second-order valence-corrected chi connectivity index (χ2v) is 7.23. The first-order valence-corrected chi connectivity index (χ1v) is 9.90. The molecule has 2 heterocycles. The number of nitriles is 1. The Kier molecular flexibility index (Phi) is 5.57. The van der Waals surface area contributed by atoms with E-state index in [-0.39, 0.29) is 11.5 Å². The number of hydrazone groups is 1. The molecule has 0 bridgehead atoms. The second-order valence-electron chi connectivity index (χ2n) is 7.23. The third-order valence-corrected chi connectivity index (χ3v) is 5.13. The third kappa shape index (κ3) is 4.08. The summed E-state index contributed by atoms with van der Waals surface area (Å²) in [5.41, 5.74) is 6.68. The van der Waals surface area contributed by atoms with Crippen LogP contribution in [-0.2, 0) is 0 Å². The van der Waals surface area contributed by atoms with E-state index in [0.717, 1.165) is 18.7 Å². The van der Waals surface area contributed by atoms with Gasteiger partial charge < -0.3 is 4.90 Å². The molecule has 30 heavy (non-hydrogen) atoms. The second kappa shape index (κ2) is 8.62. The van der Waals surface area contributed by atoms with Gasteiger partial charge in [0, 0.05) is 24.3 Å². The topological polar surface area (TPSA) is 97.2 Å². The Labute approximate surface area is 174 Å². The van der Waals surface area contributed by atoms with Crippen LogP contribution in [-0.4, -0.2) is 29.3 Å². The van der Waals surface area contributed by atoms with Crippen LogP contribution in [0.4, 0.5) is 11.6 Å². The lowest BCUT2D eigenvalue weighted by molar-refractivity contribution is 0.949. The summed E-state index contributed by atoms with van der Waals surface area (Å²) in [5, 5.41) is 13.5. The molecular weight excluding hydrogens is 376 g/mol. The molecule has 4 rings (SSSR count). The highest BCUT2D eigenvalue weighted by molar-refractivity contribution is 5.81. The van der Waals surface area contributed by atoms with Gasteiger partial charge in [0.15, 0.2) is 0 Å². The monoisotopic (exact) mass is 398 g/mol. The van der Waals surface area contributed by atoms with Crippen LogP contribution < -0.4 is 15.9 Å². The maximum absolute atomic E-state index is 12.3. The van der Waals surface area contributed by atoms with Crippen molar-refractivity contribution in [3.05, 3.63) is 75.6 Å². The van der Waals surface area contributed by atoms with E-state index in [1.54, 1.807) is 18.3 Å². The zero-order chi connectivity index (χ0) is 20.9. The first-order chi connectivity index (χ1) is 14.7. The quantitative estimate of drug-likeness (QED) is 0.505. The molecule has 0 radical (unpaired) electrons. The Morgan fingerprint density at radius 1 is 1.20 bits per heavy atom. The lowest BCUT2D eigenvalue weighted by atomic mass is 10.1. The molecule has 1 aliphatic heterocycles. The van der Waals surface area contributed by atoms with E-state index < -0.39 is 5.56 Å². The summed E-state index contributed by atoms with van der Waals surface area (Å²) in [6.45, 7) is 4.32. The number of nitrogens with zero attached hydrogens (tertiary/aromatic N) is 4. The predicted molar refractivity (Wildman–Crippen MR) is 119 cm³/mol. The van der Waals surface area contributed by atoms with Crippen molar-refractivity contribution in [2.24, 2.45) is 5.10 Å². The van der Waals surface area contributed by atoms with E-state index >= 15 is 0 Å². The Morgan fingerprint density at radius 2 is 1.97 bits per heavy atom. The lowest BCUT2D eigenvalue weighted by Gasteiger charge is -2.20. The molecule has 3 aromatic rings. The van der Waals surface area contributed by atoms with Crippen LogP contribution in [0.25, 0.3) is 11.3 Å². The Balaban J connectivity index is 1.54. The molecule has 1 aromatic heterocycles. The van der Waals surface area contributed by atoms with Crippen molar-refractivity contribution in [1.29, 1.82) is 5.26 Å². The van der Waals surface area contributed by atoms with E-state index in [2.05, 4.69) is 44.5 Å². The van der Waals surface area contributed by atoms with Gasteiger partial charge in [-0.05, 0) is 43.0 Å². The number of aryl methyl sites for hydroxylation is 1. The number of anilines is 2. The van der Waals surface area contributed by atoms with Crippen LogP contribution in [0.15, 0.2) is 58.4 Å². The van der Waals surface area contributed by atoms with Crippen molar-refractivity contribution in [3.63, 3.8) is 0 Å². The molecule has 1 aliphatic rings. The fourth-order valence-corrected chi connectivity index (χ4v) is 3.67. The van der Waals surface area contributed by atoms with Gasteiger partial charge in [0.25, 0.3) is 5.56 Å². The highest BCUT2D eigenvalue weighted by Gasteiger charge is 2.14. The molecule has 2 aromatic carbocycles. The molecule has 0 saturated carbocycles. The lowest BCUT2D eigenvalue weighted by Crippen LogP contribution is -2.18. The summed E-state index contributed by atoms with van der Waals surface area (Å²) in [7, 11) is 0. The van der Waals surface area contributed by atoms with Crippen LogP contribution >= 0.6 is 0 Å². The van der Waals surface area contributed by atoms with Gasteiger partial charge in [-0.1, -0.05) is 36.4 Å². The Bertz CT molecular complexity index is 1170. The van der Waals surface area contributed by atoms with E-state index in [9.17, 15) is 10.1 Å². The van der Waals surface area contributed by atoms with Gasteiger partial charge in [0.1, 0.15) is 11.6 Å². The molecule has 0 aliphatic carbocycles. The summed E-state index contributed by atoms with van der Waals surface area (Å²) in [4.78, 5) is 21.6. The average Bonchev–Trinajstić information content (AvgIpc) is 3.29. The number of aromatic amines is 1. The number of H-pyrrole nitrogens is 1.